The van der Waals surface area contributed by atoms with E-state index >= 15 is 0 Å². The van der Waals surface area contributed by atoms with Crippen molar-refractivity contribution < 1.29 is 23.9 Å². The Morgan fingerprint density at radius 1 is 1.31 bits per heavy atom. The van der Waals surface area contributed by atoms with Crippen LogP contribution in [0, 0.1) is 0 Å². The minimum atomic E-state index is -0.980. The summed E-state index contributed by atoms with van der Waals surface area (Å²) in [5, 5.41) is 3.33. The largest absolute Gasteiger partial charge is 0.490 e. The van der Waals surface area contributed by atoms with E-state index in [1.807, 2.05) is 18.2 Å². The zero-order valence-corrected chi connectivity index (χ0v) is 15.5. The first kappa shape index (κ1) is 18.4. The maximum atomic E-state index is 12.3. The summed E-state index contributed by atoms with van der Waals surface area (Å²) in [5.41, 5.74) is 1.39. The lowest BCUT2D eigenvalue weighted by Crippen LogP contribution is -2.49. The Hall–Kier alpha value is -2.42. The van der Waals surface area contributed by atoms with Crippen molar-refractivity contribution in [3.63, 3.8) is 0 Å². The fourth-order valence-corrected chi connectivity index (χ4v) is 3.28. The summed E-state index contributed by atoms with van der Waals surface area (Å²) in [6.07, 6.45) is 1.26. The van der Waals surface area contributed by atoms with Gasteiger partial charge >= 0.3 is 6.03 Å². The topological polar surface area (TPSA) is 97.0 Å². The average Bonchev–Trinajstić information content (AvgIpc) is 2.80. The fraction of sp³-hybridized carbons (Fsp3) is 0.471. The van der Waals surface area contributed by atoms with Crippen LogP contribution in [0.5, 0.6) is 11.5 Å². The third-order valence-corrected chi connectivity index (χ3v) is 5.29. The molecule has 1 atom stereocenters. The number of nitrogens with zero attached hydrogens (tertiary/aromatic N) is 1. The van der Waals surface area contributed by atoms with Gasteiger partial charge in [-0.2, -0.15) is 5.01 Å². The minimum Gasteiger partial charge on any atom is -0.490 e. The number of rotatable bonds is 5. The molecular formula is C17H21N3O5S. The molecule has 0 aromatic heterocycles. The Balaban J connectivity index is 1.57. The lowest BCUT2D eigenvalue weighted by atomic mass is 10.00. The highest BCUT2D eigenvalue weighted by Crippen LogP contribution is 2.33. The van der Waals surface area contributed by atoms with Gasteiger partial charge in [-0.15, -0.1) is 11.8 Å². The molecule has 0 radical (unpaired) electrons. The maximum Gasteiger partial charge on any atom is 0.344 e. The van der Waals surface area contributed by atoms with Gasteiger partial charge in [-0.1, -0.05) is 6.92 Å². The van der Waals surface area contributed by atoms with Crippen LogP contribution in [0.15, 0.2) is 23.1 Å². The van der Waals surface area contributed by atoms with Crippen molar-refractivity contribution in [2.24, 2.45) is 0 Å². The molecular weight excluding hydrogens is 358 g/mol. The summed E-state index contributed by atoms with van der Waals surface area (Å²) >= 11 is 1.28. The molecule has 8 nitrogen and oxygen atoms in total. The fourth-order valence-electron chi connectivity index (χ4n) is 2.56. The minimum absolute atomic E-state index is 0.0551. The molecule has 4 amide bonds. The van der Waals surface area contributed by atoms with Crippen LogP contribution in [0.1, 0.15) is 26.7 Å². The number of nitrogens with one attached hydrogen (secondary N) is 2. The number of amides is 4. The number of benzene rings is 1. The number of urea groups is 1. The second-order valence-corrected chi connectivity index (χ2v) is 7.29. The van der Waals surface area contributed by atoms with Crippen LogP contribution in [0.4, 0.5) is 4.79 Å². The molecule has 140 valence electrons. The van der Waals surface area contributed by atoms with Crippen LogP contribution in [-0.4, -0.2) is 47.4 Å². The second-order valence-electron chi connectivity index (χ2n) is 6.24. The molecule has 1 fully saturated rings. The number of imide groups is 1. The van der Waals surface area contributed by atoms with Gasteiger partial charge in [0.2, 0.25) is 5.91 Å². The Kier molecular flexibility index (Phi) is 5.26. The van der Waals surface area contributed by atoms with E-state index in [1.54, 1.807) is 13.8 Å². The molecule has 1 aromatic carbocycles. The van der Waals surface area contributed by atoms with Gasteiger partial charge in [0.05, 0.1) is 19.0 Å². The summed E-state index contributed by atoms with van der Waals surface area (Å²) in [4.78, 5) is 37.1. The number of hydrogen-bond donors (Lipinski definition) is 2. The normalized spacial score (nSPS) is 22.0. The zero-order valence-electron chi connectivity index (χ0n) is 14.7. The molecule has 9 heteroatoms. The molecule has 2 aliphatic rings. The molecule has 0 saturated carbocycles. The summed E-state index contributed by atoms with van der Waals surface area (Å²) in [5.74, 6) is 0.500. The van der Waals surface area contributed by atoms with Gasteiger partial charge in [0.25, 0.3) is 5.91 Å². The number of fused-ring (bicyclic) bond motifs is 1. The maximum absolute atomic E-state index is 12.3. The number of hydrogen-bond acceptors (Lipinski definition) is 6. The molecule has 2 N–H and O–H groups in total. The number of ether oxygens (including phenoxy) is 2. The molecule has 0 aliphatic carbocycles. The lowest BCUT2D eigenvalue weighted by molar-refractivity contribution is -0.137. The van der Waals surface area contributed by atoms with E-state index in [0.717, 1.165) is 16.3 Å². The SMILES string of the molecule is CC[C@]1(C)NC(=O)N(NC(=O)CSc2ccc3c(c2)OCCCO3)C1=O. The van der Waals surface area contributed by atoms with Crippen LogP contribution in [0.25, 0.3) is 0 Å². The average molecular weight is 379 g/mol. The molecule has 3 rings (SSSR count). The third-order valence-electron chi connectivity index (χ3n) is 4.29. The van der Waals surface area contributed by atoms with E-state index < -0.39 is 23.4 Å². The Morgan fingerprint density at radius 3 is 2.73 bits per heavy atom. The van der Waals surface area contributed by atoms with Crippen LogP contribution < -0.4 is 20.2 Å². The van der Waals surface area contributed by atoms with Crippen molar-refractivity contribution in [1.29, 1.82) is 0 Å². The Bertz CT molecular complexity index is 741. The highest BCUT2D eigenvalue weighted by Gasteiger charge is 2.47. The van der Waals surface area contributed by atoms with Gasteiger partial charge in [0.1, 0.15) is 5.54 Å². The first-order chi connectivity index (χ1) is 12.4. The van der Waals surface area contributed by atoms with Gasteiger partial charge in [-0.25, -0.2) is 4.79 Å². The van der Waals surface area contributed by atoms with Gasteiger partial charge in [0.15, 0.2) is 11.5 Å². The predicted octanol–water partition coefficient (Wildman–Crippen LogP) is 1.69. The molecule has 1 saturated heterocycles. The highest BCUT2D eigenvalue weighted by molar-refractivity contribution is 8.00. The zero-order chi connectivity index (χ0) is 18.7. The van der Waals surface area contributed by atoms with Crippen molar-refractivity contribution in [2.75, 3.05) is 19.0 Å². The van der Waals surface area contributed by atoms with Crippen molar-refractivity contribution in [2.45, 2.75) is 37.1 Å². The van der Waals surface area contributed by atoms with E-state index in [-0.39, 0.29) is 5.75 Å². The second kappa shape index (κ2) is 7.45. The lowest BCUT2D eigenvalue weighted by Gasteiger charge is -2.19. The van der Waals surface area contributed by atoms with Crippen molar-refractivity contribution in [3.8, 4) is 11.5 Å². The van der Waals surface area contributed by atoms with Crippen LogP contribution in [0.2, 0.25) is 0 Å². The van der Waals surface area contributed by atoms with E-state index in [4.69, 9.17) is 9.47 Å². The Morgan fingerprint density at radius 2 is 2.04 bits per heavy atom. The van der Waals surface area contributed by atoms with Crippen LogP contribution in [-0.2, 0) is 9.59 Å². The van der Waals surface area contributed by atoms with E-state index in [9.17, 15) is 14.4 Å². The number of carbonyl (C=O) groups is 3. The number of carbonyl (C=O) groups excluding carboxylic acids is 3. The quantitative estimate of drug-likeness (QED) is 0.597. The number of thioether (sulfide) groups is 1. The van der Waals surface area contributed by atoms with E-state index in [2.05, 4.69) is 10.7 Å². The van der Waals surface area contributed by atoms with Crippen molar-refractivity contribution >= 4 is 29.6 Å². The van der Waals surface area contributed by atoms with Gasteiger partial charge in [-0.05, 0) is 31.5 Å². The van der Waals surface area contributed by atoms with Crippen molar-refractivity contribution in [1.82, 2.24) is 15.8 Å². The molecule has 1 aromatic rings. The summed E-state index contributed by atoms with van der Waals surface area (Å²) < 4.78 is 11.2. The van der Waals surface area contributed by atoms with Gasteiger partial charge < -0.3 is 14.8 Å². The molecule has 2 heterocycles. The standard InChI is InChI=1S/C17H21N3O5S/c1-3-17(2)15(22)20(16(23)18-17)19-14(21)10-26-11-5-6-12-13(9-11)25-8-4-7-24-12/h5-6,9H,3-4,7-8,10H2,1-2H3,(H,18,23)(H,19,21)/t17-/m0/s1. The smallest absolute Gasteiger partial charge is 0.344 e. The molecule has 0 spiro atoms. The van der Waals surface area contributed by atoms with Gasteiger partial charge in [0, 0.05) is 11.3 Å². The first-order valence-corrected chi connectivity index (χ1v) is 9.40. The van der Waals surface area contributed by atoms with E-state index in [0.29, 0.717) is 31.1 Å². The van der Waals surface area contributed by atoms with Crippen LogP contribution >= 0.6 is 11.8 Å². The molecule has 0 unspecified atom stereocenters. The third kappa shape index (κ3) is 3.72. The summed E-state index contributed by atoms with van der Waals surface area (Å²) in [7, 11) is 0. The van der Waals surface area contributed by atoms with Crippen LogP contribution in [0.3, 0.4) is 0 Å². The molecule has 2 aliphatic heterocycles. The molecule has 26 heavy (non-hydrogen) atoms. The summed E-state index contributed by atoms with van der Waals surface area (Å²) in [6.45, 7) is 4.63. The predicted molar refractivity (Wildman–Crippen MR) is 95.0 cm³/mol. The Labute approximate surface area is 155 Å². The summed E-state index contributed by atoms with van der Waals surface area (Å²) in [6, 6.07) is 4.85. The van der Waals surface area contributed by atoms with Gasteiger partial charge in [-0.3, -0.25) is 15.0 Å². The van der Waals surface area contributed by atoms with Crippen molar-refractivity contribution in [3.05, 3.63) is 18.2 Å². The highest BCUT2D eigenvalue weighted by atomic mass is 32.2. The van der Waals surface area contributed by atoms with E-state index in [1.165, 1.54) is 11.8 Å². The monoisotopic (exact) mass is 379 g/mol. The molecule has 0 bridgehead atoms. The number of hydrazine groups is 1. The first-order valence-electron chi connectivity index (χ1n) is 8.41.